The van der Waals surface area contributed by atoms with E-state index in [9.17, 15) is 0 Å². The summed E-state index contributed by atoms with van der Waals surface area (Å²) in [5.74, 6) is 1.65. The minimum Gasteiger partial charge on any atom is -0.356 e. The van der Waals surface area contributed by atoms with Gasteiger partial charge in [0.25, 0.3) is 0 Å². The number of guanidine groups is 1. The van der Waals surface area contributed by atoms with Crippen molar-refractivity contribution in [2.75, 3.05) is 26.7 Å². The van der Waals surface area contributed by atoms with E-state index in [1.54, 1.807) is 0 Å². The molecule has 2 N–H and O–H groups in total. The van der Waals surface area contributed by atoms with Crippen LogP contribution in [0.4, 0.5) is 0 Å². The highest BCUT2D eigenvalue weighted by Gasteiger charge is 2.19. The van der Waals surface area contributed by atoms with E-state index >= 15 is 0 Å². The van der Waals surface area contributed by atoms with Crippen molar-refractivity contribution in [2.45, 2.75) is 39.3 Å². The number of hydrogen-bond acceptors (Lipinski definition) is 4. The average molecular weight is 391 g/mol. The monoisotopic (exact) mass is 390 g/mol. The molecule has 3 heterocycles. The van der Waals surface area contributed by atoms with Crippen LogP contribution in [0.5, 0.6) is 0 Å². The number of aliphatic imine (C=N–C) groups is 1. The van der Waals surface area contributed by atoms with Crippen molar-refractivity contribution < 1.29 is 0 Å². The van der Waals surface area contributed by atoms with Crippen LogP contribution < -0.4 is 10.6 Å². The molecule has 3 rings (SSSR count). The molecule has 1 saturated heterocycles. The van der Waals surface area contributed by atoms with Gasteiger partial charge in [-0.1, -0.05) is 13.0 Å². The molecule has 1 aliphatic rings. The lowest BCUT2D eigenvalue weighted by Gasteiger charge is -2.32. The van der Waals surface area contributed by atoms with Crippen LogP contribution in [0.15, 0.2) is 34.6 Å². The first-order chi connectivity index (χ1) is 12.8. The third-order valence-electron chi connectivity index (χ3n) is 4.94. The molecule has 0 radical (unpaired) electrons. The van der Waals surface area contributed by atoms with E-state index in [1.165, 1.54) is 40.6 Å². The zero-order chi connectivity index (χ0) is 18.2. The van der Waals surface area contributed by atoms with E-state index < -0.39 is 0 Å². The summed E-state index contributed by atoms with van der Waals surface area (Å²) in [7, 11) is 1.85. The molecule has 0 unspecified atom stereocenters. The number of nitrogens with zero attached hydrogens (tertiary/aromatic N) is 2. The van der Waals surface area contributed by atoms with Gasteiger partial charge in [0.15, 0.2) is 5.96 Å². The number of likely N-dealkylation sites (tertiary alicyclic amines) is 1. The lowest BCUT2D eigenvalue weighted by atomic mass is 9.97. The Bertz CT molecular complexity index is 670. The third-order valence-corrected chi connectivity index (χ3v) is 7.04. The van der Waals surface area contributed by atoms with Crippen molar-refractivity contribution in [1.82, 2.24) is 15.5 Å². The molecule has 1 fully saturated rings. The van der Waals surface area contributed by atoms with E-state index in [-0.39, 0.29) is 0 Å². The van der Waals surface area contributed by atoms with E-state index in [0.29, 0.717) is 0 Å². The summed E-state index contributed by atoms with van der Waals surface area (Å²) in [6.45, 7) is 7.58. The van der Waals surface area contributed by atoms with Crippen LogP contribution in [0, 0.1) is 5.92 Å². The molecule has 2 aromatic heterocycles. The van der Waals surface area contributed by atoms with Crippen LogP contribution in [-0.2, 0) is 19.5 Å². The molecule has 6 heteroatoms. The Morgan fingerprint density at radius 2 is 1.96 bits per heavy atom. The van der Waals surface area contributed by atoms with Crippen LogP contribution in [0.25, 0.3) is 0 Å². The number of aryl methyl sites for hydroxylation is 1. The van der Waals surface area contributed by atoms with Crippen molar-refractivity contribution in [3.05, 3.63) is 44.3 Å². The van der Waals surface area contributed by atoms with Crippen LogP contribution in [0.2, 0.25) is 0 Å². The quantitative estimate of drug-likeness (QED) is 0.555. The van der Waals surface area contributed by atoms with Gasteiger partial charge >= 0.3 is 0 Å². The second-order valence-corrected chi connectivity index (χ2v) is 9.11. The highest BCUT2D eigenvalue weighted by atomic mass is 32.1. The molecule has 2 aromatic rings. The van der Waals surface area contributed by atoms with Crippen molar-refractivity contribution in [3.8, 4) is 0 Å². The fourth-order valence-corrected chi connectivity index (χ4v) is 4.96. The summed E-state index contributed by atoms with van der Waals surface area (Å²) in [5.41, 5.74) is 0. The molecule has 0 atom stereocenters. The van der Waals surface area contributed by atoms with Gasteiger partial charge in [-0.2, -0.15) is 0 Å². The van der Waals surface area contributed by atoms with Gasteiger partial charge in [-0.25, -0.2) is 0 Å². The molecule has 0 spiro atoms. The summed E-state index contributed by atoms with van der Waals surface area (Å²) >= 11 is 3.75. The highest BCUT2D eigenvalue weighted by Crippen LogP contribution is 2.20. The predicted octanol–water partition coefficient (Wildman–Crippen LogP) is 3.95. The Morgan fingerprint density at radius 3 is 2.62 bits per heavy atom. The third kappa shape index (κ3) is 5.83. The summed E-state index contributed by atoms with van der Waals surface area (Å²) in [5, 5.41) is 9.13. The second-order valence-electron chi connectivity index (χ2n) is 6.83. The molecular formula is C20H30N4S2. The molecule has 0 amide bonds. The second kappa shape index (κ2) is 10.1. The fraction of sp³-hybridized carbons (Fsp3) is 0.550. The number of thiophene rings is 2. The molecule has 0 aliphatic carbocycles. The average Bonchev–Trinajstić information content (AvgIpc) is 3.35. The summed E-state index contributed by atoms with van der Waals surface area (Å²) in [4.78, 5) is 11.2. The van der Waals surface area contributed by atoms with Crippen LogP contribution in [0.1, 0.15) is 34.4 Å². The summed E-state index contributed by atoms with van der Waals surface area (Å²) in [6.07, 6.45) is 3.64. The van der Waals surface area contributed by atoms with Gasteiger partial charge in [-0.05, 0) is 61.8 Å². The number of nitrogens with one attached hydrogen (secondary N) is 2. The van der Waals surface area contributed by atoms with Gasteiger partial charge in [0.2, 0.25) is 0 Å². The molecule has 0 bridgehead atoms. The first-order valence-corrected chi connectivity index (χ1v) is 11.2. The van der Waals surface area contributed by atoms with Gasteiger partial charge in [0.05, 0.1) is 6.54 Å². The normalized spacial score (nSPS) is 16.8. The first kappa shape index (κ1) is 19.4. The fourth-order valence-electron chi connectivity index (χ4n) is 3.31. The summed E-state index contributed by atoms with van der Waals surface area (Å²) < 4.78 is 0. The maximum atomic E-state index is 4.37. The molecule has 4 nitrogen and oxygen atoms in total. The van der Waals surface area contributed by atoms with Crippen molar-refractivity contribution in [2.24, 2.45) is 10.9 Å². The lowest BCUT2D eigenvalue weighted by molar-refractivity contribution is 0.179. The van der Waals surface area contributed by atoms with Gasteiger partial charge in [-0.15, -0.1) is 22.7 Å². The van der Waals surface area contributed by atoms with Crippen LogP contribution in [0.3, 0.4) is 0 Å². The van der Waals surface area contributed by atoms with Crippen LogP contribution in [-0.4, -0.2) is 37.5 Å². The highest BCUT2D eigenvalue weighted by molar-refractivity contribution is 7.12. The Labute approximate surface area is 165 Å². The molecule has 142 valence electrons. The van der Waals surface area contributed by atoms with E-state index in [4.69, 9.17) is 0 Å². The van der Waals surface area contributed by atoms with Crippen molar-refractivity contribution in [3.63, 3.8) is 0 Å². The molecule has 0 saturated carbocycles. The Hall–Kier alpha value is -1.37. The minimum absolute atomic E-state index is 0.738. The number of hydrogen-bond donors (Lipinski definition) is 2. The Balaban J connectivity index is 1.35. The zero-order valence-electron chi connectivity index (χ0n) is 15.8. The van der Waals surface area contributed by atoms with Crippen LogP contribution >= 0.6 is 22.7 Å². The van der Waals surface area contributed by atoms with Gasteiger partial charge in [0.1, 0.15) is 0 Å². The summed E-state index contributed by atoms with van der Waals surface area (Å²) in [6, 6.07) is 8.83. The topological polar surface area (TPSA) is 39.7 Å². The number of rotatable bonds is 7. The molecule has 26 heavy (non-hydrogen) atoms. The Kier molecular flexibility index (Phi) is 7.53. The SMILES string of the molecule is CCc1ccc(CNC(=NC)NCC2CCN(Cc3cccs3)CC2)s1. The van der Waals surface area contributed by atoms with Crippen molar-refractivity contribution in [1.29, 1.82) is 0 Å². The lowest BCUT2D eigenvalue weighted by Crippen LogP contribution is -2.42. The first-order valence-electron chi connectivity index (χ1n) is 9.53. The van der Waals surface area contributed by atoms with Gasteiger partial charge in [0, 0.05) is 34.8 Å². The van der Waals surface area contributed by atoms with E-state index in [1.807, 2.05) is 29.7 Å². The standard InChI is InChI=1S/C20H30N4S2/c1-3-17-6-7-18(26-17)14-23-20(21-2)22-13-16-8-10-24(11-9-16)15-19-5-4-12-25-19/h4-7,12,16H,3,8-11,13-15H2,1-2H3,(H2,21,22,23). The molecule has 0 aromatic carbocycles. The van der Waals surface area contributed by atoms with Gasteiger partial charge in [-0.3, -0.25) is 9.89 Å². The maximum Gasteiger partial charge on any atom is 0.191 e. The van der Waals surface area contributed by atoms with Gasteiger partial charge < -0.3 is 10.6 Å². The maximum absolute atomic E-state index is 4.37. The minimum atomic E-state index is 0.738. The zero-order valence-corrected chi connectivity index (χ0v) is 17.5. The number of piperidine rings is 1. The molecular weight excluding hydrogens is 360 g/mol. The Morgan fingerprint density at radius 1 is 1.15 bits per heavy atom. The molecule has 1 aliphatic heterocycles. The van der Waals surface area contributed by atoms with Crippen molar-refractivity contribution >= 4 is 28.6 Å². The predicted molar refractivity (Wildman–Crippen MR) is 114 cm³/mol. The largest absolute Gasteiger partial charge is 0.356 e. The van der Waals surface area contributed by atoms with E-state index in [2.05, 4.69) is 57.1 Å². The van der Waals surface area contributed by atoms with E-state index in [0.717, 1.165) is 37.9 Å². The smallest absolute Gasteiger partial charge is 0.191 e.